The summed E-state index contributed by atoms with van der Waals surface area (Å²) >= 11 is 0. The fourth-order valence-electron chi connectivity index (χ4n) is 6.54. The second-order valence-electron chi connectivity index (χ2n) is 8.41. The van der Waals surface area contributed by atoms with Crippen LogP contribution in [0.25, 0.3) is 0 Å². The van der Waals surface area contributed by atoms with Crippen molar-refractivity contribution in [1.82, 2.24) is 5.32 Å². The number of hydrogen-bond acceptors (Lipinski definition) is 2. The van der Waals surface area contributed by atoms with E-state index in [2.05, 4.69) is 12.2 Å². The van der Waals surface area contributed by atoms with Gasteiger partial charge in [-0.15, -0.1) is 0 Å². The molecule has 20 heavy (non-hydrogen) atoms. The lowest BCUT2D eigenvalue weighted by Gasteiger charge is -2.58. The van der Waals surface area contributed by atoms with E-state index in [9.17, 15) is 0 Å². The predicted octanol–water partition coefficient (Wildman–Crippen LogP) is 3.61. The second-order valence-corrected chi connectivity index (χ2v) is 8.41. The molecule has 4 saturated carbocycles. The first-order chi connectivity index (χ1) is 9.76. The van der Waals surface area contributed by atoms with Crippen molar-refractivity contribution in [2.24, 2.45) is 29.1 Å². The number of nitrogens with one attached hydrogen (secondary N) is 1. The van der Waals surface area contributed by atoms with Gasteiger partial charge in [-0.25, -0.2) is 0 Å². The lowest BCUT2D eigenvalue weighted by Crippen LogP contribution is -2.50. The maximum absolute atomic E-state index is 5.67. The summed E-state index contributed by atoms with van der Waals surface area (Å²) in [6, 6.07) is 0.721. The van der Waals surface area contributed by atoms with Gasteiger partial charge in [0.05, 0.1) is 6.61 Å². The summed E-state index contributed by atoms with van der Waals surface area (Å²) in [6.45, 7) is 5.38. The largest absolute Gasteiger partial charge is 0.381 e. The van der Waals surface area contributed by atoms with E-state index in [0.29, 0.717) is 5.41 Å². The minimum absolute atomic E-state index is 0.712. The van der Waals surface area contributed by atoms with Gasteiger partial charge in [0.15, 0.2) is 0 Å². The first kappa shape index (κ1) is 13.6. The van der Waals surface area contributed by atoms with Gasteiger partial charge in [-0.2, -0.15) is 0 Å². The smallest absolute Gasteiger partial charge is 0.0510 e. The summed E-state index contributed by atoms with van der Waals surface area (Å²) in [5.74, 6) is 4.04. The van der Waals surface area contributed by atoms with Gasteiger partial charge in [0.25, 0.3) is 0 Å². The molecule has 1 heterocycles. The van der Waals surface area contributed by atoms with Crippen LogP contribution in [0.4, 0.5) is 0 Å². The van der Waals surface area contributed by atoms with Gasteiger partial charge in [0.1, 0.15) is 0 Å². The van der Waals surface area contributed by atoms with Crippen molar-refractivity contribution >= 4 is 0 Å². The van der Waals surface area contributed by atoms with Crippen LogP contribution in [0.15, 0.2) is 0 Å². The molecule has 5 aliphatic rings. The molecule has 1 saturated heterocycles. The Kier molecular flexibility index (Phi) is 3.58. The highest BCUT2D eigenvalue weighted by Gasteiger charge is 2.51. The zero-order valence-electron chi connectivity index (χ0n) is 13.1. The average molecular weight is 277 g/mol. The minimum Gasteiger partial charge on any atom is -0.381 e. The molecule has 4 aliphatic carbocycles. The SMILES string of the molecule is CCNC(CC12CC3CC(CC(C3)C1)C2)C1CCOC1. The molecule has 0 spiro atoms. The van der Waals surface area contributed by atoms with Crippen LogP contribution < -0.4 is 5.32 Å². The highest BCUT2D eigenvalue weighted by Crippen LogP contribution is 2.61. The maximum atomic E-state index is 5.67. The summed E-state index contributed by atoms with van der Waals surface area (Å²) in [5, 5.41) is 3.82. The molecule has 1 N–H and O–H groups in total. The minimum atomic E-state index is 0.712. The van der Waals surface area contributed by atoms with Gasteiger partial charge in [-0.1, -0.05) is 6.92 Å². The van der Waals surface area contributed by atoms with Crippen LogP contribution in [0.2, 0.25) is 0 Å². The summed E-state index contributed by atoms with van der Waals surface area (Å²) < 4.78 is 5.67. The van der Waals surface area contributed by atoms with E-state index in [1.807, 2.05) is 0 Å². The zero-order valence-corrected chi connectivity index (χ0v) is 13.1. The molecule has 0 aromatic rings. The van der Waals surface area contributed by atoms with Gasteiger partial charge in [-0.05, 0) is 87.0 Å². The first-order valence-electron chi connectivity index (χ1n) is 9.07. The van der Waals surface area contributed by atoms with Crippen LogP contribution in [0.3, 0.4) is 0 Å². The predicted molar refractivity (Wildman–Crippen MR) is 81.6 cm³/mol. The van der Waals surface area contributed by atoms with Crippen molar-refractivity contribution in [1.29, 1.82) is 0 Å². The summed E-state index contributed by atoms with van der Waals surface area (Å²) in [5.41, 5.74) is 0.712. The molecule has 2 heteroatoms. The zero-order chi connectivity index (χ0) is 13.6. The third kappa shape index (κ3) is 2.43. The quantitative estimate of drug-likeness (QED) is 0.829. The molecule has 0 aromatic heterocycles. The Morgan fingerprint density at radius 3 is 2.25 bits per heavy atom. The van der Waals surface area contributed by atoms with Crippen molar-refractivity contribution in [2.75, 3.05) is 19.8 Å². The second kappa shape index (κ2) is 5.28. The van der Waals surface area contributed by atoms with Crippen molar-refractivity contribution in [2.45, 2.75) is 64.3 Å². The van der Waals surface area contributed by atoms with Crippen molar-refractivity contribution in [3.63, 3.8) is 0 Å². The molecule has 1 aliphatic heterocycles. The third-order valence-electron chi connectivity index (χ3n) is 6.82. The van der Waals surface area contributed by atoms with E-state index in [4.69, 9.17) is 4.74 Å². The normalized spacial score (nSPS) is 47.9. The Hall–Kier alpha value is -0.0800. The fourth-order valence-corrected chi connectivity index (χ4v) is 6.54. The summed E-state index contributed by atoms with van der Waals surface area (Å²) in [6.07, 6.45) is 12.1. The average Bonchev–Trinajstić information content (AvgIpc) is 2.90. The molecular formula is C18H31NO. The van der Waals surface area contributed by atoms with Crippen molar-refractivity contribution < 1.29 is 4.74 Å². The Labute approximate surface area is 124 Å². The molecule has 0 amide bonds. The lowest BCUT2D eigenvalue weighted by atomic mass is 9.48. The van der Waals surface area contributed by atoms with Crippen LogP contribution in [-0.2, 0) is 4.74 Å². The van der Waals surface area contributed by atoms with Crippen molar-refractivity contribution in [3.8, 4) is 0 Å². The van der Waals surface area contributed by atoms with Crippen LogP contribution in [0.1, 0.15) is 58.3 Å². The molecule has 4 bridgehead atoms. The van der Waals surface area contributed by atoms with Gasteiger partial charge < -0.3 is 10.1 Å². The Bertz CT molecular complexity index is 312. The van der Waals surface area contributed by atoms with Gasteiger partial charge in [-0.3, -0.25) is 0 Å². The summed E-state index contributed by atoms with van der Waals surface area (Å²) in [7, 11) is 0. The molecule has 0 aromatic carbocycles. The van der Waals surface area contributed by atoms with E-state index in [1.165, 1.54) is 12.8 Å². The van der Waals surface area contributed by atoms with E-state index >= 15 is 0 Å². The van der Waals surface area contributed by atoms with Crippen LogP contribution in [0.5, 0.6) is 0 Å². The molecule has 2 nitrogen and oxygen atoms in total. The highest BCUT2D eigenvalue weighted by molar-refractivity contribution is 5.03. The van der Waals surface area contributed by atoms with E-state index in [1.54, 1.807) is 38.5 Å². The molecule has 2 atom stereocenters. The number of rotatable bonds is 5. The van der Waals surface area contributed by atoms with Gasteiger partial charge in [0, 0.05) is 12.6 Å². The fraction of sp³-hybridized carbons (Fsp3) is 1.00. The monoisotopic (exact) mass is 277 g/mol. The lowest BCUT2D eigenvalue weighted by molar-refractivity contribution is -0.0649. The highest BCUT2D eigenvalue weighted by atomic mass is 16.5. The Morgan fingerprint density at radius 2 is 1.75 bits per heavy atom. The topological polar surface area (TPSA) is 21.3 Å². The van der Waals surface area contributed by atoms with E-state index < -0.39 is 0 Å². The van der Waals surface area contributed by atoms with Gasteiger partial charge in [0.2, 0.25) is 0 Å². The van der Waals surface area contributed by atoms with E-state index in [0.717, 1.165) is 49.5 Å². The molecule has 5 rings (SSSR count). The van der Waals surface area contributed by atoms with Gasteiger partial charge >= 0.3 is 0 Å². The summed E-state index contributed by atoms with van der Waals surface area (Å²) in [4.78, 5) is 0. The first-order valence-corrected chi connectivity index (χ1v) is 9.07. The van der Waals surface area contributed by atoms with Crippen LogP contribution in [0, 0.1) is 29.1 Å². The molecule has 114 valence electrons. The molecule has 2 unspecified atom stereocenters. The van der Waals surface area contributed by atoms with Crippen LogP contribution in [-0.4, -0.2) is 25.8 Å². The number of ether oxygens (including phenoxy) is 1. The molecular weight excluding hydrogens is 246 g/mol. The maximum Gasteiger partial charge on any atom is 0.0510 e. The third-order valence-corrected chi connectivity index (χ3v) is 6.82. The number of hydrogen-bond donors (Lipinski definition) is 1. The van der Waals surface area contributed by atoms with E-state index in [-0.39, 0.29) is 0 Å². The van der Waals surface area contributed by atoms with Crippen LogP contribution >= 0.6 is 0 Å². The standard InChI is InChI=1S/C18H31NO/c1-2-19-17(16-3-4-20-12-16)11-18-8-13-5-14(9-18)7-15(6-13)10-18/h13-17,19H,2-12H2,1H3. The Balaban J connectivity index is 1.48. The Morgan fingerprint density at radius 1 is 1.10 bits per heavy atom. The molecule has 0 radical (unpaired) electrons. The molecule has 5 fully saturated rings. The van der Waals surface area contributed by atoms with Crippen molar-refractivity contribution in [3.05, 3.63) is 0 Å².